The van der Waals surface area contributed by atoms with E-state index >= 15 is 0 Å². The maximum absolute atomic E-state index is 11.2. The summed E-state index contributed by atoms with van der Waals surface area (Å²) in [6, 6.07) is -0.130. The molecule has 0 bridgehead atoms. The number of aliphatic hydroxyl groups excluding tert-OH is 1. The summed E-state index contributed by atoms with van der Waals surface area (Å²) in [4.78, 5) is 12.8. The Balaban J connectivity index is 2.43. The number of aliphatic hydroxyl groups is 1. The molecule has 1 aliphatic heterocycles. The van der Waals surface area contributed by atoms with Crippen LogP contribution in [0.5, 0.6) is 0 Å². The van der Waals surface area contributed by atoms with Crippen molar-refractivity contribution in [2.75, 3.05) is 26.3 Å². The molecule has 1 amide bonds. The molecule has 1 rings (SSSR count). The van der Waals surface area contributed by atoms with Gasteiger partial charge in [0.1, 0.15) is 0 Å². The molecule has 76 valence electrons. The standard InChI is InChI=1S/C8H16N2O3/c1-2-13-8(12)10-3-6(5-11)7(9)4-10/h6-7,11H,2-5,9H2,1H3/t6-,7-/m1/s1. The van der Waals surface area contributed by atoms with Crippen LogP contribution in [0.15, 0.2) is 0 Å². The lowest BCUT2D eigenvalue weighted by atomic mass is 10.1. The summed E-state index contributed by atoms with van der Waals surface area (Å²) < 4.78 is 4.82. The fourth-order valence-corrected chi connectivity index (χ4v) is 1.45. The first-order chi connectivity index (χ1) is 6.19. The van der Waals surface area contributed by atoms with Gasteiger partial charge in [-0.15, -0.1) is 0 Å². The van der Waals surface area contributed by atoms with Gasteiger partial charge in [0.2, 0.25) is 0 Å². The lowest BCUT2D eigenvalue weighted by Crippen LogP contribution is -2.33. The van der Waals surface area contributed by atoms with Crippen LogP contribution in [0.4, 0.5) is 4.79 Å². The lowest BCUT2D eigenvalue weighted by molar-refractivity contribution is 0.112. The van der Waals surface area contributed by atoms with Crippen molar-refractivity contribution in [3.05, 3.63) is 0 Å². The Hall–Kier alpha value is -0.810. The topological polar surface area (TPSA) is 75.8 Å². The molecule has 0 aromatic carbocycles. The van der Waals surface area contributed by atoms with Crippen LogP contribution in [0.3, 0.4) is 0 Å². The molecular weight excluding hydrogens is 172 g/mol. The molecule has 0 unspecified atom stereocenters. The SMILES string of the molecule is CCOC(=O)N1C[C@H](CO)[C@H](N)C1. The van der Waals surface area contributed by atoms with Gasteiger partial charge in [-0.05, 0) is 6.92 Å². The van der Waals surface area contributed by atoms with Crippen molar-refractivity contribution in [2.45, 2.75) is 13.0 Å². The van der Waals surface area contributed by atoms with Gasteiger partial charge in [-0.3, -0.25) is 0 Å². The molecule has 1 saturated heterocycles. The van der Waals surface area contributed by atoms with Crippen LogP contribution in [0.1, 0.15) is 6.92 Å². The summed E-state index contributed by atoms with van der Waals surface area (Å²) in [5, 5.41) is 8.91. The average molecular weight is 188 g/mol. The Bertz CT molecular complexity index is 186. The second-order valence-electron chi connectivity index (χ2n) is 3.21. The highest BCUT2D eigenvalue weighted by Crippen LogP contribution is 2.15. The number of carbonyl (C=O) groups is 1. The van der Waals surface area contributed by atoms with Crippen molar-refractivity contribution in [1.29, 1.82) is 0 Å². The summed E-state index contributed by atoms with van der Waals surface area (Å²) in [7, 11) is 0. The molecule has 0 radical (unpaired) electrons. The van der Waals surface area contributed by atoms with Crippen molar-refractivity contribution in [3.8, 4) is 0 Å². The van der Waals surface area contributed by atoms with E-state index in [9.17, 15) is 4.79 Å². The van der Waals surface area contributed by atoms with E-state index in [0.717, 1.165) is 0 Å². The van der Waals surface area contributed by atoms with Gasteiger partial charge in [0.25, 0.3) is 0 Å². The maximum atomic E-state index is 11.2. The highest BCUT2D eigenvalue weighted by molar-refractivity contribution is 5.68. The van der Waals surface area contributed by atoms with E-state index in [1.54, 1.807) is 6.92 Å². The van der Waals surface area contributed by atoms with Crippen LogP contribution in [-0.4, -0.2) is 48.4 Å². The van der Waals surface area contributed by atoms with Gasteiger partial charge in [0.15, 0.2) is 0 Å². The Morgan fingerprint density at radius 1 is 1.69 bits per heavy atom. The first-order valence-electron chi connectivity index (χ1n) is 4.47. The number of nitrogens with two attached hydrogens (primary N) is 1. The van der Waals surface area contributed by atoms with E-state index in [1.165, 1.54) is 4.90 Å². The van der Waals surface area contributed by atoms with Crippen molar-refractivity contribution >= 4 is 6.09 Å². The largest absolute Gasteiger partial charge is 0.450 e. The first-order valence-corrected chi connectivity index (χ1v) is 4.47. The average Bonchev–Trinajstić information content (AvgIpc) is 2.47. The van der Waals surface area contributed by atoms with Gasteiger partial charge in [-0.25, -0.2) is 4.79 Å². The number of nitrogens with zero attached hydrogens (tertiary/aromatic N) is 1. The highest BCUT2D eigenvalue weighted by atomic mass is 16.6. The number of rotatable bonds is 2. The van der Waals surface area contributed by atoms with Crippen molar-refractivity contribution in [2.24, 2.45) is 11.7 Å². The number of ether oxygens (including phenoxy) is 1. The summed E-state index contributed by atoms with van der Waals surface area (Å²) in [5.41, 5.74) is 5.70. The third-order valence-corrected chi connectivity index (χ3v) is 2.25. The molecule has 1 fully saturated rings. The molecule has 0 aromatic rings. The molecular formula is C8H16N2O3. The Kier molecular flexibility index (Phi) is 3.50. The van der Waals surface area contributed by atoms with Gasteiger partial charge in [-0.2, -0.15) is 0 Å². The molecule has 2 atom stereocenters. The van der Waals surface area contributed by atoms with E-state index in [0.29, 0.717) is 19.7 Å². The van der Waals surface area contributed by atoms with E-state index in [2.05, 4.69) is 0 Å². The number of likely N-dealkylation sites (tertiary alicyclic amines) is 1. The fraction of sp³-hybridized carbons (Fsp3) is 0.875. The van der Waals surface area contributed by atoms with Crippen LogP contribution in [0.25, 0.3) is 0 Å². The molecule has 1 aliphatic rings. The van der Waals surface area contributed by atoms with Crippen LogP contribution in [-0.2, 0) is 4.74 Å². The minimum absolute atomic E-state index is 0.00981. The first kappa shape index (κ1) is 10.3. The van der Waals surface area contributed by atoms with Gasteiger partial charge in [-0.1, -0.05) is 0 Å². The second kappa shape index (κ2) is 4.43. The van der Waals surface area contributed by atoms with Crippen molar-refractivity contribution in [3.63, 3.8) is 0 Å². The van der Waals surface area contributed by atoms with E-state index < -0.39 is 0 Å². The Morgan fingerprint density at radius 2 is 2.38 bits per heavy atom. The predicted molar refractivity (Wildman–Crippen MR) is 47.1 cm³/mol. The minimum Gasteiger partial charge on any atom is -0.450 e. The van der Waals surface area contributed by atoms with E-state index in [1.807, 2.05) is 0 Å². The molecule has 5 heteroatoms. The number of carbonyl (C=O) groups excluding carboxylic acids is 1. The van der Waals surface area contributed by atoms with Crippen molar-refractivity contribution < 1.29 is 14.6 Å². The van der Waals surface area contributed by atoms with Crippen LogP contribution < -0.4 is 5.73 Å². The summed E-state index contributed by atoms with van der Waals surface area (Å²) in [5.74, 6) is -0.00981. The van der Waals surface area contributed by atoms with Crippen LogP contribution >= 0.6 is 0 Å². The van der Waals surface area contributed by atoms with E-state index in [-0.39, 0.29) is 24.7 Å². The van der Waals surface area contributed by atoms with Gasteiger partial charge < -0.3 is 20.5 Å². The summed E-state index contributed by atoms with van der Waals surface area (Å²) >= 11 is 0. The molecule has 13 heavy (non-hydrogen) atoms. The molecule has 3 N–H and O–H groups in total. The molecule has 0 aromatic heterocycles. The Morgan fingerprint density at radius 3 is 2.85 bits per heavy atom. The second-order valence-corrected chi connectivity index (χ2v) is 3.21. The zero-order chi connectivity index (χ0) is 9.84. The molecule has 0 saturated carbocycles. The predicted octanol–water partition coefficient (Wildman–Crippen LogP) is -0.606. The minimum atomic E-state index is -0.339. The number of amides is 1. The van der Waals surface area contributed by atoms with Gasteiger partial charge in [0, 0.05) is 31.7 Å². The lowest BCUT2D eigenvalue weighted by Gasteiger charge is -2.14. The summed E-state index contributed by atoms with van der Waals surface area (Å²) in [6.07, 6.45) is -0.339. The molecule has 1 heterocycles. The maximum Gasteiger partial charge on any atom is 0.409 e. The fourth-order valence-electron chi connectivity index (χ4n) is 1.45. The van der Waals surface area contributed by atoms with Crippen LogP contribution in [0.2, 0.25) is 0 Å². The number of hydrogen-bond donors (Lipinski definition) is 2. The van der Waals surface area contributed by atoms with Gasteiger partial charge in [0.05, 0.1) is 6.61 Å². The zero-order valence-electron chi connectivity index (χ0n) is 7.77. The quantitative estimate of drug-likeness (QED) is 0.606. The number of hydrogen-bond acceptors (Lipinski definition) is 4. The van der Waals surface area contributed by atoms with Crippen molar-refractivity contribution in [1.82, 2.24) is 4.90 Å². The van der Waals surface area contributed by atoms with E-state index in [4.69, 9.17) is 15.6 Å². The molecule has 0 spiro atoms. The zero-order valence-corrected chi connectivity index (χ0v) is 7.77. The monoisotopic (exact) mass is 188 g/mol. The Labute approximate surface area is 77.5 Å². The highest BCUT2D eigenvalue weighted by Gasteiger charge is 2.32. The third-order valence-electron chi connectivity index (χ3n) is 2.25. The smallest absolute Gasteiger partial charge is 0.409 e. The molecule has 0 aliphatic carbocycles. The van der Waals surface area contributed by atoms with Gasteiger partial charge >= 0.3 is 6.09 Å². The molecule has 5 nitrogen and oxygen atoms in total. The summed E-state index contributed by atoms with van der Waals surface area (Å²) in [6.45, 7) is 3.13. The normalized spacial score (nSPS) is 27.8. The van der Waals surface area contributed by atoms with Crippen LogP contribution in [0, 0.1) is 5.92 Å². The third kappa shape index (κ3) is 2.32.